The molecule has 0 aromatic rings. The van der Waals surface area contributed by atoms with E-state index in [4.69, 9.17) is 0 Å². The fraction of sp³-hybridized carbons (Fsp3) is 0.923. The number of unbranched alkanes of at least 4 members (excludes halogenated alkanes) is 1. The second-order valence-corrected chi connectivity index (χ2v) is 5.77. The van der Waals surface area contributed by atoms with Crippen molar-refractivity contribution in [1.29, 1.82) is 0 Å². The molecule has 0 saturated carbocycles. The molecule has 1 aliphatic heterocycles. The fourth-order valence-electron chi connectivity index (χ4n) is 2.12. The zero-order chi connectivity index (χ0) is 12.2. The van der Waals surface area contributed by atoms with Gasteiger partial charge in [0.05, 0.1) is 0 Å². The van der Waals surface area contributed by atoms with Crippen molar-refractivity contribution in [3.8, 4) is 0 Å². The summed E-state index contributed by atoms with van der Waals surface area (Å²) in [6.45, 7) is 10.9. The van der Waals surface area contributed by atoms with Crippen LogP contribution in [0.2, 0.25) is 0 Å². The highest BCUT2D eigenvalue weighted by molar-refractivity contribution is 5.76. The highest BCUT2D eigenvalue weighted by Crippen LogP contribution is 2.20. The van der Waals surface area contributed by atoms with Gasteiger partial charge in [0.1, 0.15) is 0 Å². The van der Waals surface area contributed by atoms with Gasteiger partial charge in [0, 0.05) is 31.1 Å². The lowest BCUT2D eigenvalue weighted by Gasteiger charge is -2.31. The second kappa shape index (κ2) is 5.67. The maximum absolute atomic E-state index is 11.6. The van der Waals surface area contributed by atoms with Gasteiger partial charge in [-0.3, -0.25) is 9.69 Å². The highest BCUT2D eigenvalue weighted by atomic mass is 16.1. The second-order valence-electron chi connectivity index (χ2n) is 5.77. The van der Waals surface area contributed by atoms with Gasteiger partial charge in [0.25, 0.3) is 0 Å². The fourth-order valence-corrected chi connectivity index (χ4v) is 2.12. The lowest BCUT2D eigenvalue weighted by atomic mass is 10.1. The van der Waals surface area contributed by atoms with E-state index in [1.54, 1.807) is 0 Å². The van der Waals surface area contributed by atoms with Crippen LogP contribution in [0, 0.1) is 0 Å². The predicted molar refractivity (Wildman–Crippen MR) is 67.4 cm³/mol. The Morgan fingerprint density at radius 2 is 2.12 bits per heavy atom. The summed E-state index contributed by atoms with van der Waals surface area (Å²) in [7, 11) is 0. The Hall–Kier alpha value is -0.570. The first-order valence-electron chi connectivity index (χ1n) is 6.48. The van der Waals surface area contributed by atoms with Crippen molar-refractivity contribution in [2.45, 2.75) is 65.0 Å². The number of hydrogen-bond acceptors (Lipinski definition) is 2. The van der Waals surface area contributed by atoms with Crippen molar-refractivity contribution in [1.82, 2.24) is 10.2 Å². The molecule has 0 aromatic carbocycles. The van der Waals surface area contributed by atoms with Gasteiger partial charge in [-0.1, -0.05) is 13.3 Å². The molecule has 1 N–H and O–H groups in total. The molecule has 1 atom stereocenters. The summed E-state index contributed by atoms with van der Waals surface area (Å²) in [4.78, 5) is 14.0. The van der Waals surface area contributed by atoms with Gasteiger partial charge in [-0.25, -0.2) is 0 Å². The molecule has 1 fully saturated rings. The maximum atomic E-state index is 11.6. The van der Waals surface area contributed by atoms with Crippen LogP contribution in [0.25, 0.3) is 0 Å². The quantitative estimate of drug-likeness (QED) is 0.797. The molecule has 1 saturated heterocycles. The van der Waals surface area contributed by atoms with Crippen molar-refractivity contribution in [3.05, 3.63) is 0 Å². The summed E-state index contributed by atoms with van der Waals surface area (Å²) in [6.07, 6.45) is 3.87. The van der Waals surface area contributed by atoms with Gasteiger partial charge >= 0.3 is 0 Å². The first kappa shape index (κ1) is 13.5. The summed E-state index contributed by atoms with van der Waals surface area (Å²) < 4.78 is 0. The third-order valence-corrected chi connectivity index (χ3v) is 3.26. The average molecular weight is 226 g/mol. The van der Waals surface area contributed by atoms with E-state index in [1.165, 1.54) is 0 Å². The number of carbonyl (C=O) groups excluding carboxylic acids is 1. The van der Waals surface area contributed by atoms with E-state index >= 15 is 0 Å². The van der Waals surface area contributed by atoms with Crippen LogP contribution in [0.5, 0.6) is 0 Å². The largest absolute Gasteiger partial charge is 0.352 e. The SMILES string of the molecule is CCCCC(=O)NC1CCN(C(C)(C)C)C1. The van der Waals surface area contributed by atoms with Crippen LogP contribution >= 0.6 is 0 Å². The molecule has 16 heavy (non-hydrogen) atoms. The molecule has 1 amide bonds. The standard InChI is InChI=1S/C13H26N2O/c1-5-6-7-12(16)14-11-8-9-15(10-11)13(2,3)4/h11H,5-10H2,1-4H3,(H,14,16). The highest BCUT2D eigenvalue weighted by Gasteiger charge is 2.30. The van der Waals surface area contributed by atoms with Gasteiger partial charge in [-0.2, -0.15) is 0 Å². The van der Waals surface area contributed by atoms with Crippen molar-refractivity contribution >= 4 is 5.91 Å². The zero-order valence-corrected chi connectivity index (χ0v) is 11.2. The molecule has 0 radical (unpaired) electrons. The maximum Gasteiger partial charge on any atom is 0.220 e. The molecule has 94 valence electrons. The number of amides is 1. The van der Waals surface area contributed by atoms with Crippen molar-refractivity contribution in [3.63, 3.8) is 0 Å². The Morgan fingerprint density at radius 1 is 1.44 bits per heavy atom. The lowest BCUT2D eigenvalue weighted by molar-refractivity contribution is -0.121. The average Bonchev–Trinajstić information content (AvgIpc) is 2.62. The first-order valence-corrected chi connectivity index (χ1v) is 6.48. The van der Waals surface area contributed by atoms with E-state index in [2.05, 4.69) is 37.9 Å². The number of nitrogens with zero attached hydrogens (tertiary/aromatic N) is 1. The van der Waals surface area contributed by atoms with Crippen LogP contribution in [0.4, 0.5) is 0 Å². The Morgan fingerprint density at radius 3 is 2.62 bits per heavy atom. The molecule has 3 nitrogen and oxygen atoms in total. The van der Waals surface area contributed by atoms with E-state index in [-0.39, 0.29) is 11.4 Å². The summed E-state index contributed by atoms with van der Waals surface area (Å²) in [5, 5.41) is 3.14. The minimum absolute atomic E-state index is 0.225. The van der Waals surface area contributed by atoms with Crippen LogP contribution in [0.3, 0.4) is 0 Å². The normalized spacial score (nSPS) is 22.4. The molecular weight excluding hydrogens is 200 g/mol. The van der Waals surface area contributed by atoms with E-state index in [0.29, 0.717) is 12.5 Å². The Kier molecular flexibility index (Phi) is 4.78. The van der Waals surface area contributed by atoms with Gasteiger partial charge in [0.2, 0.25) is 5.91 Å². The third-order valence-electron chi connectivity index (χ3n) is 3.26. The van der Waals surface area contributed by atoms with Crippen LogP contribution in [-0.4, -0.2) is 35.5 Å². The smallest absolute Gasteiger partial charge is 0.220 e. The molecule has 3 heteroatoms. The molecule has 1 aliphatic rings. The molecule has 0 spiro atoms. The minimum Gasteiger partial charge on any atom is -0.352 e. The summed E-state index contributed by atoms with van der Waals surface area (Å²) in [5.74, 6) is 0.225. The van der Waals surface area contributed by atoms with Gasteiger partial charge < -0.3 is 5.32 Å². The summed E-state index contributed by atoms with van der Waals surface area (Å²) in [6, 6.07) is 0.364. The van der Waals surface area contributed by atoms with E-state index in [0.717, 1.165) is 32.4 Å². The van der Waals surface area contributed by atoms with Crippen molar-refractivity contribution < 1.29 is 4.79 Å². The number of nitrogens with one attached hydrogen (secondary N) is 1. The van der Waals surface area contributed by atoms with Crippen LogP contribution in [0.15, 0.2) is 0 Å². The number of carbonyl (C=O) groups is 1. The first-order chi connectivity index (χ1) is 7.43. The Bertz CT molecular complexity index is 233. The molecule has 0 aliphatic carbocycles. The van der Waals surface area contributed by atoms with Gasteiger partial charge in [-0.15, -0.1) is 0 Å². The Labute approximate surface area is 99.6 Å². The molecule has 1 unspecified atom stereocenters. The third kappa shape index (κ3) is 4.12. The topological polar surface area (TPSA) is 32.3 Å². The molecular formula is C13H26N2O. The zero-order valence-electron chi connectivity index (χ0n) is 11.2. The van der Waals surface area contributed by atoms with E-state index in [9.17, 15) is 4.79 Å². The Balaban J connectivity index is 2.29. The van der Waals surface area contributed by atoms with Crippen LogP contribution in [-0.2, 0) is 4.79 Å². The van der Waals surface area contributed by atoms with Crippen LogP contribution < -0.4 is 5.32 Å². The van der Waals surface area contributed by atoms with Crippen molar-refractivity contribution in [2.75, 3.05) is 13.1 Å². The summed E-state index contributed by atoms with van der Waals surface area (Å²) in [5.41, 5.74) is 0.225. The summed E-state index contributed by atoms with van der Waals surface area (Å²) >= 11 is 0. The number of likely N-dealkylation sites (tertiary alicyclic amines) is 1. The van der Waals surface area contributed by atoms with E-state index < -0.39 is 0 Å². The van der Waals surface area contributed by atoms with Gasteiger partial charge in [-0.05, 0) is 33.6 Å². The minimum atomic E-state index is 0.225. The monoisotopic (exact) mass is 226 g/mol. The van der Waals surface area contributed by atoms with E-state index in [1.807, 2.05) is 0 Å². The lowest BCUT2D eigenvalue weighted by Crippen LogP contribution is -2.43. The number of rotatable bonds is 4. The predicted octanol–water partition coefficient (Wildman–Crippen LogP) is 2.17. The number of hydrogen-bond donors (Lipinski definition) is 1. The van der Waals surface area contributed by atoms with Crippen molar-refractivity contribution in [2.24, 2.45) is 0 Å². The van der Waals surface area contributed by atoms with Crippen LogP contribution in [0.1, 0.15) is 53.4 Å². The van der Waals surface area contributed by atoms with Gasteiger partial charge in [0.15, 0.2) is 0 Å². The molecule has 0 aromatic heterocycles. The molecule has 0 bridgehead atoms. The molecule has 1 rings (SSSR count). The molecule has 1 heterocycles.